The van der Waals surface area contributed by atoms with E-state index in [2.05, 4.69) is 20.8 Å². The van der Waals surface area contributed by atoms with Crippen LogP contribution in [0.1, 0.15) is 22.8 Å². The van der Waals surface area contributed by atoms with Crippen LogP contribution >= 0.6 is 0 Å². The summed E-state index contributed by atoms with van der Waals surface area (Å²) in [6.45, 7) is 4.71. The monoisotopic (exact) mass is 316 g/mol. The standard InChI is InChI=1S/C16H20N4O3/c1-10-4-3-5-12-8-13(9-22-15(10)12)19-16(21)17-7-6-14-18-11(2)20-23-14/h3-5,13H,6-9H2,1-2H3,(H2,17,19,21). The lowest BCUT2D eigenvalue weighted by Crippen LogP contribution is -2.47. The van der Waals surface area contributed by atoms with Gasteiger partial charge in [0.1, 0.15) is 12.4 Å². The van der Waals surface area contributed by atoms with Gasteiger partial charge in [-0.05, 0) is 31.4 Å². The SMILES string of the molecule is Cc1noc(CCNC(=O)NC2COc3c(C)cccc3C2)n1. The van der Waals surface area contributed by atoms with E-state index >= 15 is 0 Å². The van der Waals surface area contributed by atoms with Crippen molar-refractivity contribution < 1.29 is 14.1 Å². The van der Waals surface area contributed by atoms with Crippen molar-refractivity contribution in [1.29, 1.82) is 0 Å². The average Bonchev–Trinajstić information content (AvgIpc) is 2.93. The molecule has 7 nitrogen and oxygen atoms in total. The molecule has 2 N–H and O–H groups in total. The number of ether oxygens (including phenoxy) is 1. The Labute approximate surface area is 134 Å². The minimum atomic E-state index is -0.217. The first-order chi connectivity index (χ1) is 11.1. The summed E-state index contributed by atoms with van der Waals surface area (Å²) in [6, 6.07) is 5.82. The van der Waals surface area contributed by atoms with Crippen LogP contribution in [0, 0.1) is 13.8 Å². The number of para-hydroxylation sites is 1. The van der Waals surface area contributed by atoms with Crippen LogP contribution in [0.2, 0.25) is 0 Å². The largest absolute Gasteiger partial charge is 0.491 e. The predicted molar refractivity (Wildman–Crippen MR) is 83.4 cm³/mol. The fraction of sp³-hybridized carbons (Fsp3) is 0.438. The van der Waals surface area contributed by atoms with Gasteiger partial charge in [-0.3, -0.25) is 0 Å². The van der Waals surface area contributed by atoms with Crippen LogP contribution in [-0.2, 0) is 12.8 Å². The average molecular weight is 316 g/mol. The van der Waals surface area contributed by atoms with Crippen LogP contribution in [0.25, 0.3) is 0 Å². The third-order valence-corrected chi connectivity index (χ3v) is 3.72. The lowest BCUT2D eigenvalue weighted by Gasteiger charge is -2.27. The number of aromatic nitrogens is 2. The fourth-order valence-electron chi connectivity index (χ4n) is 2.64. The molecule has 2 amide bonds. The molecule has 122 valence electrons. The van der Waals surface area contributed by atoms with Gasteiger partial charge in [-0.1, -0.05) is 23.4 Å². The molecule has 0 fully saturated rings. The van der Waals surface area contributed by atoms with E-state index in [-0.39, 0.29) is 12.1 Å². The minimum absolute atomic E-state index is 0.0325. The summed E-state index contributed by atoms with van der Waals surface area (Å²) < 4.78 is 10.8. The Morgan fingerprint density at radius 1 is 1.39 bits per heavy atom. The number of nitrogens with zero attached hydrogens (tertiary/aromatic N) is 2. The zero-order valence-corrected chi connectivity index (χ0v) is 13.3. The maximum Gasteiger partial charge on any atom is 0.315 e. The number of urea groups is 1. The van der Waals surface area contributed by atoms with Gasteiger partial charge in [0, 0.05) is 13.0 Å². The van der Waals surface area contributed by atoms with Crippen molar-refractivity contribution in [2.75, 3.05) is 13.2 Å². The highest BCUT2D eigenvalue weighted by Crippen LogP contribution is 2.28. The Balaban J connectivity index is 1.45. The second-order valence-corrected chi connectivity index (χ2v) is 5.66. The van der Waals surface area contributed by atoms with Crippen LogP contribution in [-0.4, -0.2) is 35.4 Å². The number of carbonyl (C=O) groups is 1. The normalized spacial score (nSPS) is 16.3. The van der Waals surface area contributed by atoms with E-state index in [1.165, 1.54) is 0 Å². The van der Waals surface area contributed by atoms with Gasteiger partial charge < -0.3 is 19.9 Å². The van der Waals surface area contributed by atoms with Crippen molar-refractivity contribution >= 4 is 6.03 Å². The molecule has 2 aromatic rings. The highest BCUT2D eigenvalue weighted by atomic mass is 16.5. The molecular formula is C16H20N4O3. The number of hydrogen-bond donors (Lipinski definition) is 2. The van der Waals surface area contributed by atoms with E-state index in [0.29, 0.717) is 31.3 Å². The number of amides is 2. The maximum atomic E-state index is 11.9. The van der Waals surface area contributed by atoms with Gasteiger partial charge in [-0.25, -0.2) is 4.79 Å². The van der Waals surface area contributed by atoms with Crippen molar-refractivity contribution in [3.8, 4) is 5.75 Å². The molecule has 1 unspecified atom stereocenters. The van der Waals surface area contributed by atoms with Crippen molar-refractivity contribution in [2.24, 2.45) is 0 Å². The molecule has 0 spiro atoms. The quantitative estimate of drug-likeness (QED) is 0.893. The van der Waals surface area contributed by atoms with Gasteiger partial charge in [0.05, 0.1) is 6.04 Å². The Hall–Kier alpha value is -2.57. The van der Waals surface area contributed by atoms with Crippen LogP contribution in [0.5, 0.6) is 5.75 Å². The zero-order chi connectivity index (χ0) is 16.2. The number of aryl methyl sites for hydroxylation is 2. The van der Waals surface area contributed by atoms with Gasteiger partial charge in [0.2, 0.25) is 5.89 Å². The molecule has 0 radical (unpaired) electrons. The van der Waals surface area contributed by atoms with Crippen LogP contribution in [0.4, 0.5) is 4.79 Å². The third kappa shape index (κ3) is 3.80. The molecule has 0 saturated carbocycles. The number of fused-ring (bicyclic) bond motifs is 1. The van der Waals surface area contributed by atoms with Crippen LogP contribution in [0.3, 0.4) is 0 Å². The lowest BCUT2D eigenvalue weighted by molar-refractivity contribution is 0.214. The Kier molecular flexibility index (Phi) is 4.45. The Morgan fingerprint density at radius 2 is 2.26 bits per heavy atom. The van der Waals surface area contributed by atoms with Gasteiger partial charge in [0.15, 0.2) is 5.82 Å². The first kappa shape index (κ1) is 15.3. The van der Waals surface area contributed by atoms with E-state index in [4.69, 9.17) is 9.26 Å². The molecule has 0 bridgehead atoms. The van der Waals surface area contributed by atoms with Crippen molar-refractivity contribution in [2.45, 2.75) is 32.7 Å². The molecule has 1 aromatic carbocycles. The number of benzene rings is 1. The first-order valence-electron chi connectivity index (χ1n) is 7.66. The molecule has 7 heteroatoms. The van der Waals surface area contributed by atoms with E-state index in [9.17, 15) is 4.79 Å². The maximum absolute atomic E-state index is 11.9. The van der Waals surface area contributed by atoms with E-state index in [0.717, 1.165) is 23.3 Å². The molecule has 1 aliphatic heterocycles. The Bertz CT molecular complexity index is 698. The number of rotatable bonds is 4. The topological polar surface area (TPSA) is 89.3 Å². The second kappa shape index (κ2) is 6.68. The molecule has 0 saturated heterocycles. The first-order valence-corrected chi connectivity index (χ1v) is 7.66. The van der Waals surface area contributed by atoms with Crippen LogP contribution < -0.4 is 15.4 Å². The van der Waals surface area contributed by atoms with Crippen molar-refractivity contribution in [3.63, 3.8) is 0 Å². The van der Waals surface area contributed by atoms with Crippen molar-refractivity contribution in [3.05, 3.63) is 41.0 Å². The number of nitrogens with one attached hydrogen (secondary N) is 2. The van der Waals surface area contributed by atoms with E-state index in [1.54, 1.807) is 6.92 Å². The second-order valence-electron chi connectivity index (χ2n) is 5.66. The zero-order valence-electron chi connectivity index (χ0n) is 13.3. The fourth-order valence-corrected chi connectivity index (χ4v) is 2.64. The van der Waals surface area contributed by atoms with Gasteiger partial charge in [-0.15, -0.1) is 0 Å². The van der Waals surface area contributed by atoms with Gasteiger partial charge in [-0.2, -0.15) is 4.98 Å². The third-order valence-electron chi connectivity index (χ3n) is 3.72. The molecule has 1 atom stereocenters. The summed E-state index contributed by atoms with van der Waals surface area (Å²) in [5, 5.41) is 9.42. The number of hydrogen-bond acceptors (Lipinski definition) is 5. The highest BCUT2D eigenvalue weighted by Gasteiger charge is 2.22. The summed E-state index contributed by atoms with van der Waals surface area (Å²) in [7, 11) is 0. The van der Waals surface area contributed by atoms with E-state index < -0.39 is 0 Å². The lowest BCUT2D eigenvalue weighted by atomic mass is 10.0. The minimum Gasteiger partial charge on any atom is -0.491 e. The molecule has 1 aliphatic rings. The summed E-state index contributed by atoms with van der Waals surface area (Å²) >= 11 is 0. The predicted octanol–water partition coefficient (Wildman–Crippen LogP) is 1.53. The molecule has 0 aliphatic carbocycles. The molecule has 2 heterocycles. The summed E-state index contributed by atoms with van der Waals surface area (Å²) in [4.78, 5) is 16.0. The van der Waals surface area contributed by atoms with Crippen LogP contribution in [0.15, 0.2) is 22.7 Å². The van der Waals surface area contributed by atoms with Gasteiger partial charge >= 0.3 is 6.03 Å². The summed E-state index contributed by atoms with van der Waals surface area (Å²) in [6.07, 6.45) is 1.28. The number of carbonyl (C=O) groups excluding carboxylic acids is 1. The molecule has 1 aromatic heterocycles. The summed E-state index contributed by atoms with van der Waals surface area (Å²) in [5.41, 5.74) is 2.25. The molecule has 3 rings (SSSR count). The molecular weight excluding hydrogens is 296 g/mol. The molecule has 23 heavy (non-hydrogen) atoms. The smallest absolute Gasteiger partial charge is 0.315 e. The highest BCUT2D eigenvalue weighted by molar-refractivity contribution is 5.74. The Morgan fingerprint density at radius 3 is 3.04 bits per heavy atom. The van der Waals surface area contributed by atoms with Crippen molar-refractivity contribution in [1.82, 2.24) is 20.8 Å². The van der Waals surface area contributed by atoms with Gasteiger partial charge in [0.25, 0.3) is 0 Å². The summed E-state index contributed by atoms with van der Waals surface area (Å²) in [5.74, 6) is 2.06. The van der Waals surface area contributed by atoms with E-state index in [1.807, 2.05) is 25.1 Å².